The van der Waals surface area contributed by atoms with Gasteiger partial charge in [0, 0.05) is 38.3 Å². The number of anilines is 1. The topological polar surface area (TPSA) is 99.7 Å². The van der Waals surface area contributed by atoms with Crippen LogP contribution in [0.2, 0.25) is 0 Å². The Morgan fingerprint density at radius 3 is 2.50 bits per heavy atom. The SMILES string of the molecule is Cc1ccnc(NC(=O)C2CCN(C(=O)c3sccc3S(=O)(=O)N3CCCCC3)CC2)c1. The van der Waals surface area contributed by atoms with Crippen LogP contribution in [0.5, 0.6) is 0 Å². The van der Waals surface area contributed by atoms with Gasteiger partial charge in [0.1, 0.15) is 15.6 Å². The zero-order valence-corrected chi connectivity index (χ0v) is 19.8. The number of likely N-dealkylation sites (tertiary alicyclic amines) is 1. The van der Waals surface area contributed by atoms with E-state index in [2.05, 4.69) is 10.3 Å². The Labute approximate surface area is 192 Å². The van der Waals surface area contributed by atoms with E-state index in [9.17, 15) is 18.0 Å². The summed E-state index contributed by atoms with van der Waals surface area (Å²) in [7, 11) is -3.67. The van der Waals surface area contributed by atoms with Crippen molar-refractivity contribution in [3.05, 3.63) is 40.2 Å². The maximum absolute atomic E-state index is 13.2. The summed E-state index contributed by atoms with van der Waals surface area (Å²) in [4.78, 5) is 32.0. The van der Waals surface area contributed by atoms with Crippen molar-refractivity contribution in [2.45, 2.75) is 43.9 Å². The number of hydrogen-bond donors (Lipinski definition) is 1. The molecule has 0 unspecified atom stereocenters. The molecular weight excluding hydrogens is 448 g/mol. The molecule has 2 aliphatic rings. The summed E-state index contributed by atoms with van der Waals surface area (Å²) in [6.07, 6.45) is 5.44. The number of piperidine rings is 2. The fourth-order valence-corrected chi connectivity index (χ4v) is 7.10. The average Bonchev–Trinajstić information content (AvgIpc) is 3.30. The van der Waals surface area contributed by atoms with E-state index in [1.165, 1.54) is 21.7 Å². The molecule has 0 saturated carbocycles. The predicted molar refractivity (Wildman–Crippen MR) is 123 cm³/mol. The molecule has 8 nitrogen and oxygen atoms in total. The van der Waals surface area contributed by atoms with Crippen LogP contribution in [0, 0.1) is 12.8 Å². The third kappa shape index (κ3) is 4.87. The zero-order chi connectivity index (χ0) is 22.7. The number of aryl methyl sites for hydroxylation is 1. The largest absolute Gasteiger partial charge is 0.338 e. The smallest absolute Gasteiger partial charge is 0.265 e. The first-order valence-electron chi connectivity index (χ1n) is 11.0. The molecule has 10 heteroatoms. The van der Waals surface area contributed by atoms with Crippen molar-refractivity contribution in [2.75, 3.05) is 31.5 Å². The van der Waals surface area contributed by atoms with Crippen LogP contribution in [0.3, 0.4) is 0 Å². The summed E-state index contributed by atoms with van der Waals surface area (Å²) < 4.78 is 27.7. The second-order valence-corrected chi connectivity index (χ2v) is 11.2. The van der Waals surface area contributed by atoms with Gasteiger partial charge < -0.3 is 10.2 Å². The minimum absolute atomic E-state index is 0.0975. The number of carbonyl (C=O) groups is 2. The molecule has 4 heterocycles. The minimum atomic E-state index is -3.67. The van der Waals surface area contributed by atoms with Crippen molar-refractivity contribution in [3.63, 3.8) is 0 Å². The minimum Gasteiger partial charge on any atom is -0.338 e. The molecule has 0 spiro atoms. The van der Waals surface area contributed by atoms with Crippen LogP contribution in [0.1, 0.15) is 47.3 Å². The Bertz CT molecular complexity index is 1080. The van der Waals surface area contributed by atoms with Crippen molar-refractivity contribution < 1.29 is 18.0 Å². The number of carbonyl (C=O) groups excluding carboxylic acids is 2. The maximum Gasteiger partial charge on any atom is 0.265 e. The van der Waals surface area contributed by atoms with Crippen molar-refractivity contribution in [3.8, 4) is 0 Å². The van der Waals surface area contributed by atoms with Gasteiger partial charge in [-0.15, -0.1) is 11.3 Å². The Hall–Kier alpha value is -2.30. The molecule has 4 rings (SSSR count). The average molecular weight is 477 g/mol. The highest BCUT2D eigenvalue weighted by Gasteiger charge is 2.34. The number of nitrogens with one attached hydrogen (secondary N) is 1. The van der Waals surface area contributed by atoms with E-state index in [1.807, 2.05) is 19.1 Å². The van der Waals surface area contributed by atoms with E-state index in [0.717, 1.165) is 24.8 Å². The van der Waals surface area contributed by atoms with Gasteiger partial charge in [0.05, 0.1) is 0 Å². The van der Waals surface area contributed by atoms with Gasteiger partial charge in [0.25, 0.3) is 5.91 Å². The molecule has 2 fully saturated rings. The van der Waals surface area contributed by atoms with Crippen LogP contribution in [-0.4, -0.2) is 60.6 Å². The lowest BCUT2D eigenvalue weighted by Crippen LogP contribution is -2.42. The van der Waals surface area contributed by atoms with Gasteiger partial charge >= 0.3 is 0 Å². The summed E-state index contributed by atoms with van der Waals surface area (Å²) >= 11 is 1.17. The molecule has 1 N–H and O–H groups in total. The fraction of sp³-hybridized carbons (Fsp3) is 0.500. The number of amides is 2. The third-order valence-corrected chi connectivity index (χ3v) is 9.05. The summed E-state index contributed by atoms with van der Waals surface area (Å²) in [5.41, 5.74) is 1.02. The first-order chi connectivity index (χ1) is 15.4. The molecule has 32 heavy (non-hydrogen) atoms. The van der Waals surface area contributed by atoms with Gasteiger partial charge in [-0.25, -0.2) is 13.4 Å². The highest BCUT2D eigenvalue weighted by Crippen LogP contribution is 2.30. The van der Waals surface area contributed by atoms with Gasteiger partial charge in [-0.3, -0.25) is 9.59 Å². The van der Waals surface area contributed by atoms with Crippen LogP contribution in [0.15, 0.2) is 34.7 Å². The molecule has 2 saturated heterocycles. The van der Waals surface area contributed by atoms with Crippen LogP contribution in [0.4, 0.5) is 5.82 Å². The molecule has 0 atom stereocenters. The van der Waals surface area contributed by atoms with Crippen LogP contribution in [0.25, 0.3) is 0 Å². The molecule has 2 aromatic rings. The Balaban J connectivity index is 1.39. The van der Waals surface area contributed by atoms with Crippen molar-refractivity contribution in [2.24, 2.45) is 5.92 Å². The van der Waals surface area contributed by atoms with Crippen molar-refractivity contribution >= 4 is 39.0 Å². The number of rotatable bonds is 5. The van der Waals surface area contributed by atoms with E-state index in [0.29, 0.717) is 44.8 Å². The van der Waals surface area contributed by atoms with Crippen LogP contribution in [-0.2, 0) is 14.8 Å². The first kappa shape index (κ1) is 22.9. The lowest BCUT2D eigenvalue weighted by molar-refractivity contribution is -0.121. The van der Waals surface area contributed by atoms with E-state index in [4.69, 9.17) is 0 Å². The van der Waals surface area contributed by atoms with E-state index >= 15 is 0 Å². The molecule has 0 bridgehead atoms. The number of thiophene rings is 1. The Morgan fingerprint density at radius 2 is 1.81 bits per heavy atom. The number of aromatic nitrogens is 1. The first-order valence-corrected chi connectivity index (χ1v) is 13.3. The second kappa shape index (κ2) is 9.68. The van der Waals surface area contributed by atoms with Crippen LogP contribution < -0.4 is 5.32 Å². The fourth-order valence-electron chi connectivity index (χ4n) is 4.22. The van der Waals surface area contributed by atoms with Gasteiger partial charge in [-0.1, -0.05) is 6.42 Å². The quantitative estimate of drug-likeness (QED) is 0.715. The van der Waals surface area contributed by atoms with Crippen molar-refractivity contribution in [1.82, 2.24) is 14.2 Å². The Morgan fingerprint density at radius 1 is 1.09 bits per heavy atom. The van der Waals surface area contributed by atoms with Crippen molar-refractivity contribution in [1.29, 1.82) is 0 Å². The molecule has 2 amide bonds. The van der Waals surface area contributed by atoms with Gasteiger partial charge in [0.2, 0.25) is 15.9 Å². The number of hydrogen-bond acceptors (Lipinski definition) is 6. The maximum atomic E-state index is 13.2. The zero-order valence-electron chi connectivity index (χ0n) is 18.1. The summed E-state index contributed by atoms with van der Waals surface area (Å²) in [5, 5.41) is 4.52. The number of sulfonamides is 1. The van der Waals surface area contributed by atoms with Gasteiger partial charge in [-0.2, -0.15) is 4.31 Å². The highest BCUT2D eigenvalue weighted by molar-refractivity contribution is 7.89. The van der Waals surface area contributed by atoms with E-state index < -0.39 is 10.0 Å². The normalized spacial score (nSPS) is 18.5. The lowest BCUT2D eigenvalue weighted by atomic mass is 9.95. The van der Waals surface area contributed by atoms with Gasteiger partial charge in [-0.05, 0) is 61.7 Å². The van der Waals surface area contributed by atoms with Crippen LogP contribution >= 0.6 is 11.3 Å². The lowest BCUT2D eigenvalue weighted by Gasteiger charge is -2.31. The second-order valence-electron chi connectivity index (χ2n) is 8.35. The molecule has 172 valence electrons. The molecule has 2 aromatic heterocycles. The molecular formula is C22H28N4O4S2. The van der Waals surface area contributed by atoms with E-state index in [1.54, 1.807) is 16.5 Å². The third-order valence-electron chi connectivity index (χ3n) is 6.08. The highest BCUT2D eigenvalue weighted by atomic mass is 32.2. The number of pyridine rings is 1. The molecule has 0 aromatic carbocycles. The Kier molecular flexibility index (Phi) is 6.92. The number of nitrogens with zero attached hydrogens (tertiary/aromatic N) is 3. The molecule has 0 radical (unpaired) electrons. The molecule has 0 aliphatic carbocycles. The van der Waals surface area contributed by atoms with E-state index in [-0.39, 0.29) is 27.5 Å². The van der Waals surface area contributed by atoms with Gasteiger partial charge in [0.15, 0.2) is 0 Å². The summed E-state index contributed by atoms with van der Waals surface area (Å²) in [6.45, 7) is 3.77. The standard InChI is InChI=1S/C22H28N4O4S2/c1-16-5-9-23-19(15-16)24-21(27)17-6-12-25(13-7-17)22(28)20-18(8-14-31-20)32(29,30)26-10-3-2-4-11-26/h5,8-9,14-15,17H,2-4,6-7,10-13H2,1H3,(H,23,24,27). The summed E-state index contributed by atoms with van der Waals surface area (Å²) in [5.74, 6) is -0.0459. The summed E-state index contributed by atoms with van der Waals surface area (Å²) in [6, 6.07) is 5.22. The predicted octanol–water partition coefficient (Wildman–Crippen LogP) is 3.12. The monoisotopic (exact) mass is 476 g/mol. The molecule has 2 aliphatic heterocycles.